The van der Waals surface area contributed by atoms with Crippen LogP contribution < -0.4 is 5.73 Å². The standard InChI is InChI=1S/C11H12F3N3O/c1-3-4-7(2)10(15)17-8(6-18)5-9(16-17)11(12,13)14/h3-6H,15H2,1-2H3/b4-3-,10-7+. The van der Waals surface area contributed by atoms with E-state index in [9.17, 15) is 18.0 Å². The van der Waals surface area contributed by atoms with Gasteiger partial charge in [0.25, 0.3) is 0 Å². The van der Waals surface area contributed by atoms with Crippen LogP contribution in [0.2, 0.25) is 0 Å². The van der Waals surface area contributed by atoms with Gasteiger partial charge in [-0.05, 0) is 25.5 Å². The van der Waals surface area contributed by atoms with Crippen LogP contribution in [0, 0.1) is 0 Å². The fraction of sp³-hybridized carbons (Fsp3) is 0.273. The van der Waals surface area contributed by atoms with Crippen molar-refractivity contribution >= 4 is 12.1 Å². The van der Waals surface area contributed by atoms with Crippen molar-refractivity contribution in [3.05, 3.63) is 35.2 Å². The molecule has 0 amide bonds. The van der Waals surface area contributed by atoms with E-state index in [1.54, 1.807) is 26.0 Å². The lowest BCUT2D eigenvalue weighted by Gasteiger charge is -2.06. The predicted octanol–water partition coefficient (Wildman–Crippen LogP) is 2.44. The zero-order chi connectivity index (χ0) is 13.9. The molecule has 0 aliphatic rings. The van der Waals surface area contributed by atoms with E-state index in [0.717, 1.165) is 4.68 Å². The Kier molecular flexibility index (Phi) is 3.95. The van der Waals surface area contributed by atoms with Crippen molar-refractivity contribution in [1.29, 1.82) is 0 Å². The third kappa shape index (κ3) is 2.79. The number of nitrogens with two attached hydrogens (primary N) is 1. The average Bonchev–Trinajstić information content (AvgIpc) is 2.71. The molecule has 0 saturated heterocycles. The van der Waals surface area contributed by atoms with Gasteiger partial charge in [-0.1, -0.05) is 12.2 Å². The zero-order valence-electron chi connectivity index (χ0n) is 9.82. The van der Waals surface area contributed by atoms with Gasteiger partial charge in [0.2, 0.25) is 0 Å². The number of carbonyl (C=O) groups is 1. The zero-order valence-corrected chi connectivity index (χ0v) is 9.82. The number of hydrogen-bond donors (Lipinski definition) is 1. The molecular weight excluding hydrogens is 247 g/mol. The van der Waals surface area contributed by atoms with Crippen molar-refractivity contribution in [3.8, 4) is 0 Å². The highest BCUT2D eigenvalue weighted by Crippen LogP contribution is 2.28. The Morgan fingerprint density at radius 3 is 2.56 bits per heavy atom. The van der Waals surface area contributed by atoms with Gasteiger partial charge in [-0.2, -0.15) is 18.3 Å². The molecule has 1 aromatic heterocycles. The maximum absolute atomic E-state index is 12.5. The predicted molar refractivity (Wildman–Crippen MR) is 60.5 cm³/mol. The summed E-state index contributed by atoms with van der Waals surface area (Å²) in [6.07, 6.45) is -1.05. The van der Waals surface area contributed by atoms with Crippen LogP contribution in [-0.2, 0) is 6.18 Å². The lowest BCUT2D eigenvalue weighted by molar-refractivity contribution is -0.141. The molecule has 0 spiro atoms. The summed E-state index contributed by atoms with van der Waals surface area (Å²) in [6, 6.07) is 0.656. The van der Waals surface area contributed by atoms with Crippen LogP contribution in [0.1, 0.15) is 30.0 Å². The number of rotatable bonds is 3. The molecule has 0 bridgehead atoms. The molecule has 0 saturated carbocycles. The van der Waals surface area contributed by atoms with Crippen molar-refractivity contribution in [1.82, 2.24) is 9.78 Å². The fourth-order valence-corrected chi connectivity index (χ4v) is 1.31. The molecular formula is C11H12F3N3O. The van der Waals surface area contributed by atoms with E-state index in [2.05, 4.69) is 5.10 Å². The molecule has 0 atom stereocenters. The van der Waals surface area contributed by atoms with Crippen LogP contribution in [0.3, 0.4) is 0 Å². The van der Waals surface area contributed by atoms with Gasteiger partial charge in [0, 0.05) is 0 Å². The molecule has 0 radical (unpaired) electrons. The first-order valence-electron chi connectivity index (χ1n) is 5.03. The van der Waals surface area contributed by atoms with Crippen molar-refractivity contribution in [2.75, 3.05) is 0 Å². The molecule has 0 aromatic carbocycles. The summed E-state index contributed by atoms with van der Waals surface area (Å²) in [5.74, 6) is -0.0225. The normalized spacial score (nSPS) is 13.8. The first-order chi connectivity index (χ1) is 8.31. The number of nitrogens with zero attached hydrogens (tertiary/aromatic N) is 2. The first-order valence-corrected chi connectivity index (χ1v) is 5.03. The minimum atomic E-state index is -4.61. The SMILES string of the molecule is C/C=C\C(C)=C(/N)n1nc(C(F)(F)F)cc1C=O. The fourth-order valence-electron chi connectivity index (χ4n) is 1.31. The van der Waals surface area contributed by atoms with Gasteiger partial charge in [0.1, 0.15) is 11.5 Å². The molecule has 1 heterocycles. The minimum absolute atomic E-state index is 0.0225. The highest BCUT2D eigenvalue weighted by atomic mass is 19.4. The Morgan fingerprint density at radius 1 is 1.50 bits per heavy atom. The quantitative estimate of drug-likeness (QED) is 0.670. The van der Waals surface area contributed by atoms with E-state index in [1.165, 1.54) is 0 Å². The van der Waals surface area contributed by atoms with Crippen molar-refractivity contribution in [2.45, 2.75) is 20.0 Å². The molecule has 4 nitrogen and oxygen atoms in total. The topological polar surface area (TPSA) is 60.9 Å². The molecule has 18 heavy (non-hydrogen) atoms. The Bertz CT molecular complexity index is 512. The van der Waals surface area contributed by atoms with Gasteiger partial charge in [-0.3, -0.25) is 4.79 Å². The smallest absolute Gasteiger partial charge is 0.383 e. The Hall–Kier alpha value is -2.05. The van der Waals surface area contributed by atoms with Crippen molar-refractivity contribution in [3.63, 3.8) is 0 Å². The van der Waals surface area contributed by atoms with Crippen LogP contribution in [-0.4, -0.2) is 16.1 Å². The summed E-state index contributed by atoms with van der Waals surface area (Å²) in [7, 11) is 0. The minimum Gasteiger partial charge on any atom is -0.383 e. The molecule has 1 aromatic rings. The van der Waals surface area contributed by atoms with Crippen LogP contribution >= 0.6 is 0 Å². The van der Waals surface area contributed by atoms with Crippen LogP contribution in [0.15, 0.2) is 23.8 Å². The third-order valence-corrected chi connectivity index (χ3v) is 2.20. The lowest BCUT2D eigenvalue weighted by Crippen LogP contribution is -2.14. The largest absolute Gasteiger partial charge is 0.435 e. The van der Waals surface area contributed by atoms with Gasteiger partial charge in [-0.25, -0.2) is 4.68 Å². The Balaban J connectivity index is 3.37. The number of aldehydes is 1. The van der Waals surface area contributed by atoms with Crippen molar-refractivity contribution < 1.29 is 18.0 Å². The highest BCUT2D eigenvalue weighted by Gasteiger charge is 2.35. The van der Waals surface area contributed by atoms with Gasteiger partial charge in [-0.15, -0.1) is 0 Å². The highest BCUT2D eigenvalue weighted by molar-refractivity contribution is 5.75. The van der Waals surface area contributed by atoms with Crippen LogP contribution in [0.25, 0.3) is 5.82 Å². The van der Waals surface area contributed by atoms with Gasteiger partial charge >= 0.3 is 6.18 Å². The van der Waals surface area contributed by atoms with Gasteiger partial charge in [0.05, 0.1) is 0 Å². The second-order valence-electron chi connectivity index (χ2n) is 3.55. The summed E-state index contributed by atoms with van der Waals surface area (Å²) < 4.78 is 38.2. The monoisotopic (exact) mass is 259 g/mol. The first kappa shape index (κ1) is 14.0. The molecule has 2 N–H and O–H groups in total. The second kappa shape index (κ2) is 5.07. The van der Waals surface area contributed by atoms with E-state index in [4.69, 9.17) is 5.73 Å². The number of carbonyl (C=O) groups excluding carboxylic acids is 1. The Morgan fingerprint density at radius 2 is 2.11 bits per heavy atom. The molecule has 7 heteroatoms. The van der Waals surface area contributed by atoms with E-state index >= 15 is 0 Å². The number of allylic oxidation sites excluding steroid dienone is 3. The van der Waals surface area contributed by atoms with Crippen LogP contribution in [0.4, 0.5) is 13.2 Å². The third-order valence-electron chi connectivity index (χ3n) is 2.20. The Labute approximate surface area is 102 Å². The number of alkyl halides is 3. The van der Waals surface area contributed by atoms with E-state index < -0.39 is 11.9 Å². The van der Waals surface area contributed by atoms with E-state index in [-0.39, 0.29) is 17.8 Å². The van der Waals surface area contributed by atoms with Crippen molar-refractivity contribution in [2.24, 2.45) is 5.73 Å². The molecule has 0 unspecified atom stereocenters. The lowest BCUT2D eigenvalue weighted by atomic mass is 10.2. The van der Waals surface area contributed by atoms with Gasteiger partial charge < -0.3 is 5.73 Å². The molecule has 98 valence electrons. The summed E-state index contributed by atoms with van der Waals surface area (Å²) in [6.45, 7) is 3.35. The summed E-state index contributed by atoms with van der Waals surface area (Å²) in [5.41, 5.74) is 4.77. The molecule has 0 aliphatic heterocycles. The van der Waals surface area contributed by atoms with Gasteiger partial charge in [0.15, 0.2) is 12.0 Å². The number of halogens is 3. The molecule has 0 fully saturated rings. The average molecular weight is 259 g/mol. The summed E-state index contributed by atoms with van der Waals surface area (Å²) in [5, 5.41) is 3.30. The molecule has 1 rings (SSSR count). The molecule has 0 aliphatic carbocycles. The number of hydrogen-bond acceptors (Lipinski definition) is 3. The summed E-state index contributed by atoms with van der Waals surface area (Å²) in [4.78, 5) is 10.7. The maximum atomic E-state index is 12.5. The maximum Gasteiger partial charge on any atom is 0.435 e. The second-order valence-corrected chi connectivity index (χ2v) is 3.55. The van der Waals surface area contributed by atoms with Crippen LogP contribution in [0.5, 0.6) is 0 Å². The summed E-state index contributed by atoms with van der Waals surface area (Å²) >= 11 is 0. The van der Waals surface area contributed by atoms with E-state index in [0.29, 0.717) is 11.6 Å². The number of aromatic nitrogens is 2. The van der Waals surface area contributed by atoms with E-state index in [1.807, 2.05) is 0 Å².